The quantitative estimate of drug-likeness (QED) is 0.721. The molecule has 1 aromatic carbocycles. The first-order valence-electron chi connectivity index (χ1n) is 6.58. The molecule has 1 rings (SSSR count). The molecule has 0 aliphatic rings. The second-order valence-electron chi connectivity index (χ2n) is 4.43. The third-order valence-corrected chi connectivity index (χ3v) is 3.26. The van der Waals surface area contributed by atoms with Gasteiger partial charge < -0.3 is 20.5 Å². The molecule has 0 aliphatic carbocycles. The number of methoxy groups -OCH3 is 1. The van der Waals surface area contributed by atoms with Gasteiger partial charge in [0.15, 0.2) is 0 Å². The number of carboxylic acid groups (broad SMARTS) is 1. The number of nitrogens with one attached hydrogen (secondary N) is 2. The van der Waals surface area contributed by atoms with E-state index in [1.54, 1.807) is 18.2 Å². The predicted molar refractivity (Wildman–Crippen MR) is 79.7 cm³/mol. The van der Waals surface area contributed by atoms with Crippen molar-refractivity contribution in [2.75, 3.05) is 7.11 Å². The summed E-state index contributed by atoms with van der Waals surface area (Å²) in [5, 5.41) is 14.4. The highest BCUT2D eigenvalue weighted by atomic mass is 35.5. The van der Waals surface area contributed by atoms with E-state index in [-0.39, 0.29) is 6.54 Å². The van der Waals surface area contributed by atoms with Crippen molar-refractivity contribution < 1.29 is 19.4 Å². The second-order valence-corrected chi connectivity index (χ2v) is 4.83. The summed E-state index contributed by atoms with van der Waals surface area (Å²) in [7, 11) is 1.51. The molecule has 21 heavy (non-hydrogen) atoms. The lowest BCUT2D eigenvalue weighted by molar-refractivity contribution is -0.139. The number of rotatable bonds is 7. The Morgan fingerprint density at radius 1 is 1.43 bits per heavy atom. The summed E-state index contributed by atoms with van der Waals surface area (Å²) in [6.07, 6.45) is 1.04. The zero-order valence-electron chi connectivity index (χ0n) is 12.0. The van der Waals surface area contributed by atoms with Crippen LogP contribution in [0.4, 0.5) is 4.79 Å². The molecule has 116 valence electrons. The van der Waals surface area contributed by atoms with E-state index in [2.05, 4.69) is 10.6 Å². The van der Waals surface area contributed by atoms with Crippen molar-refractivity contribution in [1.82, 2.24) is 10.6 Å². The number of ether oxygens (including phenoxy) is 1. The van der Waals surface area contributed by atoms with Crippen LogP contribution in [0.1, 0.15) is 25.3 Å². The summed E-state index contributed by atoms with van der Waals surface area (Å²) >= 11 is 6.05. The van der Waals surface area contributed by atoms with E-state index < -0.39 is 18.0 Å². The van der Waals surface area contributed by atoms with Gasteiger partial charge in [0.25, 0.3) is 0 Å². The van der Waals surface area contributed by atoms with Gasteiger partial charge in [-0.05, 0) is 18.6 Å². The van der Waals surface area contributed by atoms with Crippen molar-refractivity contribution in [3.05, 3.63) is 28.8 Å². The molecule has 0 fully saturated rings. The van der Waals surface area contributed by atoms with Gasteiger partial charge in [-0.2, -0.15) is 0 Å². The third kappa shape index (κ3) is 5.15. The average molecular weight is 315 g/mol. The molecule has 0 aromatic heterocycles. The number of aliphatic carboxylic acids is 1. The van der Waals surface area contributed by atoms with E-state index in [1.807, 2.05) is 6.92 Å². The van der Waals surface area contributed by atoms with Crippen LogP contribution in [0, 0.1) is 0 Å². The molecule has 0 aliphatic heterocycles. The number of halogens is 1. The number of carboxylic acids is 1. The number of hydrogen-bond acceptors (Lipinski definition) is 3. The summed E-state index contributed by atoms with van der Waals surface area (Å²) in [6, 6.07) is 3.71. The molecular formula is C14H19ClN2O4. The van der Waals surface area contributed by atoms with Crippen LogP contribution in [0.15, 0.2) is 18.2 Å². The molecule has 1 unspecified atom stereocenters. The average Bonchev–Trinajstić information content (AvgIpc) is 2.45. The van der Waals surface area contributed by atoms with Gasteiger partial charge >= 0.3 is 12.0 Å². The minimum absolute atomic E-state index is 0.146. The van der Waals surface area contributed by atoms with Gasteiger partial charge in [0.05, 0.1) is 7.11 Å². The molecule has 6 nitrogen and oxygen atoms in total. The fraction of sp³-hybridized carbons (Fsp3) is 0.429. The smallest absolute Gasteiger partial charge is 0.326 e. The molecular weight excluding hydrogens is 296 g/mol. The van der Waals surface area contributed by atoms with Gasteiger partial charge in [-0.25, -0.2) is 9.59 Å². The molecule has 3 N–H and O–H groups in total. The first kappa shape index (κ1) is 17.1. The Labute approximate surface area is 128 Å². The Hall–Kier alpha value is -1.95. The first-order valence-corrected chi connectivity index (χ1v) is 6.96. The monoisotopic (exact) mass is 314 g/mol. The Balaban J connectivity index is 2.63. The van der Waals surface area contributed by atoms with Gasteiger partial charge in [0.1, 0.15) is 11.8 Å². The first-order chi connectivity index (χ1) is 9.99. The van der Waals surface area contributed by atoms with Crippen molar-refractivity contribution in [2.45, 2.75) is 32.4 Å². The standard InChI is InChI=1S/C14H19ClN2O4/c1-3-5-11(13(18)19)17-14(20)16-8-9-10(15)6-4-7-12(9)21-2/h4,6-7,11H,3,5,8H2,1-2H3,(H,18,19)(H2,16,17,20). The van der Waals surface area contributed by atoms with Gasteiger partial charge in [0.2, 0.25) is 0 Å². The molecule has 7 heteroatoms. The van der Waals surface area contributed by atoms with Crippen molar-refractivity contribution in [1.29, 1.82) is 0 Å². The van der Waals surface area contributed by atoms with E-state index in [4.69, 9.17) is 21.4 Å². The Morgan fingerprint density at radius 3 is 2.71 bits per heavy atom. The Morgan fingerprint density at radius 2 is 2.14 bits per heavy atom. The van der Waals surface area contributed by atoms with Crippen molar-refractivity contribution in [2.24, 2.45) is 0 Å². The minimum atomic E-state index is -1.05. The van der Waals surface area contributed by atoms with Crippen LogP contribution in [0.2, 0.25) is 5.02 Å². The molecule has 2 amide bonds. The van der Waals surface area contributed by atoms with E-state index in [0.29, 0.717) is 29.2 Å². The molecule has 0 saturated carbocycles. The molecule has 0 bridgehead atoms. The van der Waals surface area contributed by atoms with Crippen molar-refractivity contribution >= 4 is 23.6 Å². The highest BCUT2D eigenvalue weighted by Crippen LogP contribution is 2.25. The molecule has 1 aromatic rings. The molecule has 0 heterocycles. The second kappa shape index (κ2) is 8.36. The summed E-state index contributed by atoms with van der Waals surface area (Å²) < 4.78 is 5.17. The number of hydrogen-bond donors (Lipinski definition) is 3. The van der Waals surface area contributed by atoms with Crippen molar-refractivity contribution in [3.63, 3.8) is 0 Å². The van der Waals surface area contributed by atoms with Gasteiger partial charge in [-0.15, -0.1) is 0 Å². The predicted octanol–water partition coefficient (Wildman–Crippen LogP) is 2.40. The third-order valence-electron chi connectivity index (χ3n) is 2.90. The van der Waals surface area contributed by atoms with Crippen LogP contribution in [0.3, 0.4) is 0 Å². The minimum Gasteiger partial charge on any atom is -0.496 e. The van der Waals surface area contributed by atoms with Crippen LogP contribution in [-0.2, 0) is 11.3 Å². The normalized spacial score (nSPS) is 11.6. The van der Waals surface area contributed by atoms with E-state index in [0.717, 1.165) is 0 Å². The van der Waals surface area contributed by atoms with Gasteiger partial charge in [-0.1, -0.05) is 31.0 Å². The van der Waals surface area contributed by atoms with Crippen LogP contribution in [0.5, 0.6) is 5.75 Å². The summed E-state index contributed by atoms with van der Waals surface area (Å²) in [6.45, 7) is 2.00. The van der Waals surface area contributed by atoms with E-state index >= 15 is 0 Å². The van der Waals surface area contributed by atoms with Crippen LogP contribution in [-0.4, -0.2) is 30.3 Å². The highest BCUT2D eigenvalue weighted by Gasteiger charge is 2.19. The lowest BCUT2D eigenvalue weighted by Gasteiger charge is -2.15. The molecule has 0 saturated heterocycles. The molecule has 1 atom stereocenters. The summed E-state index contributed by atoms with van der Waals surface area (Å²) in [4.78, 5) is 22.7. The lowest BCUT2D eigenvalue weighted by atomic mass is 10.2. The van der Waals surface area contributed by atoms with Crippen LogP contribution < -0.4 is 15.4 Å². The number of carbonyl (C=O) groups excluding carboxylic acids is 1. The van der Waals surface area contributed by atoms with Crippen LogP contribution in [0.25, 0.3) is 0 Å². The number of amides is 2. The topological polar surface area (TPSA) is 87.7 Å². The Bertz CT molecular complexity index is 508. The fourth-order valence-corrected chi connectivity index (χ4v) is 2.06. The van der Waals surface area contributed by atoms with Crippen molar-refractivity contribution in [3.8, 4) is 5.75 Å². The lowest BCUT2D eigenvalue weighted by Crippen LogP contribution is -2.45. The van der Waals surface area contributed by atoms with Gasteiger partial charge in [-0.3, -0.25) is 0 Å². The van der Waals surface area contributed by atoms with E-state index in [9.17, 15) is 9.59 Å². The van der Waals surface area contributed by atoms with Crippen LogP contribution >= 0.6 is 11.6 Å². The number of urea groups is 1. The number of carbonyl (C=O) groups is 2. The zero-order chi connectivity index (χ0) is 15.8. The fourth-order valence-electron chi connectivity index (χ4n) is 1.83. The Kier molecular flexibility index (Phi) is 6.81. The number of benzene rings is 1. The maximum absolute atomic E-state index is 11.7. The zero-order valence-corrected chi connectivity index (χ0v) is 12.7. The maximum atomic E-state index is 11.7. The summed E-state index contributed by atoms with van der Waals surface area (Å²) in [5.74, 6) is -0.492. The maximum Gasteiger partial charge on any atom is 0.326 e. The van der Waals surface area contributed by atoms with E-state index in [1.165, 1.54) is 7.11 Å². The van der Waals surface area contributed by atoms with Gasteiger partial charge in [0, 0.05) is 17.1 Å². The SMILES string of the molecule is CCCC(NC(=O)NCc1c(Cl)cccc1OC)C(=O)O. The molecule has 0 spiro atoms. The highest BCUT2D eigenvalue weighted by molar-refractivity contribution is 6.31. The largest absolute Gasteiger partial charge is 0.496 e. The molecule has 0 radical (unpaired) electrons. The summed E-state index contributed by atoms with van der Waals surface area (Å²) in [5.41, 5.74) is 0.638.